The van der Waals surface area contributed by atoms with E-state index in [1.165, 1.54) is 12.1 Å². The van der Waals surface area contributed by atoms with Gasteiger partial charge in [0.15, 0.2) is 11.5 Å². The quantitative estimate of drug-likeness (QED) is 0.629. The van der Waals surface area contributed by atoms with Crippen molar-refractivity contribution in [2.45, 2.75) is 0 Å². The molecule has 0 bridgehead atoms. The number of anilines is 1. The van der Waals surface area contributed by atoms with Gasteiger partial charge in [-0.3, -0.25) is 9.59 Å². The highest BCUT2D eigenvalue weighted by Gasteiger charge is 2.27. The highest BCUT2D eigenvalue weighted by Crippen LogP contribution is 2.38. The predicted molar refractivity (Wildman–Crippen MR) is 108 cm³/mol. The number of halogens is 1. The number of hydrogen-bond acceptors (Lipinski definition) is 5. The molecular formula is C23H18FNO5. The molecule has 1 N–H and O–H groups in total. The number of fused-ring (bicyclic) bond motifs is 2. The third kappa shape index (κ3) is 3.75. The lowest BCUT2D eigenvalue weighted by Crippen LogP contribution is -2.34. The van der Waals surface area contributed by atoms with E-state index < -0.39 is 18.2 Å². The summed E-state index contributed by atoms with van der Waals surface area (Å²) in [5.41, 5.74) is 0.846. The van der Waals surface area contributed by atoms with E-state index in [9.17, 15) is 14.0 Å². The predicted octanol–water partition coefficient (Wildman–Crippen LogP) is 3.83. The molecule has 0 radical (unpaired) electrons. The number of ketones is 1. The summed E-state index contributed by atoms with van der Waals surface area (Å²) in [4.78, 5) is 26.1. The van der Waals surface area contributed by atoms with Crippen LogP contribution in [0.3, 0.4) is 0 Å². The summed E-state index contributed by atoms with van der Waals surface area (Å²) in [7, 11) is 0. The molecule has 30 heavy (non-hydrogen) atoms. The number of Topliss-reactive ketones (excluding diaryl/α,β-unsaturated/α-hetero) is 1. The molecule has 1 amide bonds. The number of amides is 1. The van der Waals surface area contributed by atoms with Crippen LogP contribution in [0.1, 0.15) is 20.7 Å². The minimum absolute atomic E-state index is 0.0922. The highest BCUT2D eigenvalue weighted by molar-refractivity contribution is 6.09. The van der Waals surface area contributed by atoms with Gasteiger partial charge in [0.2, 0.25) is 0 Å². The Bertz CT molecular complexity index is 1110. The van der Waals surface area contributed by atoms with Crippen molar-refractivity contribution >= 4 is 17.4 Å². The molecule has 0 atom stereocenters. The third-order valence-corrected chi connectivity index (χ3v) is 4.71. The maximum Gasteiger partial charge on any atom is 0.262 e. The SMILES string of the molecule is O=C(CO)c1ccc(OCCN2C(=O)c3ccccc3Oc3ccccc32)cc1F. The number of ether oxygens (including phenoxy) is 2. The van der Waals surface area contributed by atoms with Crippen LogP contribution < -0.4 is 14.4 Å². The van der Waals surface area contributed by atoms with Gasteiger partial charge in [0.1, 0.15) is 30.5 Å². The molecule has 0 spiro atoms. The second kappa shape index (κ2) is 8.34. The van der Waals surface area contributed by atoms with Crippen molar-refractivity contribution in [3.8, 4) is 17.2 Å². The molecule has 0 aliphatic carbocycles. The molecule has 1 aliphatic rings. The lowest BCUT2D eigenvalue weighted by Gasteiger charge is -2.22. The molecule has 3 aromatic carbocycles. The minimum atomic E-state index is -0.773. The standard InChI is InChI=1S/C23H18FNO5/c24-18-13-15(9-10-16(18)20(27)14-26)29-12-11-25-19-6-2-4-8-22(19)30-21-7-3-1-5-17(21)23(25)28/h1-10,13,26H,11-12,14H2. The lowest BCUT2D eigenvalue weighted by molar-refractivity contribution is 0.0899. The summed E-state index contributed by atoms with van der Waals surface area (Å²) in [5.74, 6) is -0.462. The van der Waals surface area contributed by atoms with Gasteiger partial charge in [-0.2, -0.15) is 0 Å². The summed E-state index contributed by atoms with van der Waals surface area (Å²) in [6, 6.07) is 18.0. The topological polar surface area (TPSA) is 76.1 Å². The minimum Gasteiger partial charge on any atom is -0.492 e. The van der Waals surface area contributed by atoms with Gasteiger partial charge in [-0.05, 0) is 36.4 Å². The van der Waals surface area contributed by atoms with Crippen molar-refractivity contribution in [2.75, 3.05) is 24.7 Å². The molecule has 0 saturated carbocycles. The molecule has 6 nitrogen and oxygen atoms in total. The van der Waals surface area contributed by atoms with Gasteiger partial charge in [0.05, 0.1) is 23.4 Å². The normalized spacial score (nSPS) is 12.5. The Morgan fingerprint density at radius 3 is 2.53 bits per heavy atom. The van der Waals surface area contributed by atoms with E-state index in [2.05, 4.69) is 0 Å². The van der Waals surface area contributed by atoms with E-state index in [-0.39, 0.29) is 30.4 Å². The highest BCUT2D eigenvalue weighted by atomic mass is 19.1. The van der Waals surface area contributed by atoms with Gasteiger partial charge in [-0.25, -0.2) is 4.39 Å². The maximum absolute atomic E-state index is 14.1. The molecule has 0 fully saturated rings. The number of aliphatic hydroxyl groups is 1. The van der Waals surface area contributed by atoms with Gasteiger partial charge in [0, 0.05) is 6.07 Å². The van der Waals surface area contributed by atoms with Crippen LogP contribution in [0.5, 0.6) is 17.2 Å². The average molecular weight is 407 g/mol. The molecule has 0 saturated heterocycles. The fourth-order valence-electron chi connectivity index (χ4n) is 3.25. The van der Waals surface area contributed by atoms with Crippen molar-refractivity contribution < 1.29 is 28.6 Å². The zero-order valence-electron chi connectivity index (χ0n) is 15.9. The van der Waals surface area contributed by atoms with Crippen LogP contribution >= 0.6 is 0 Å². The van der Waals surface area contributed by atoms with E-state index in [1.54, 1.807) is 41.3 Å². The monoisotopic (exact) mass is 407 g/mol. The molecule has 0 unspecified atom stereocenters. The van der Waals surface area contributed by atoms with Crippen molar-refractivity contribution in [3.05, 3.63) is 83.7 Å². The molecule has 1 aliphatic heterocycles. The van der Waals surface area contributed by atoms with Crippen molar-refractivity contribution in [1.29, 1.82) is 0 Å². The van der Waals surface area contributed by atoms with Crippen molar-refractivity contribution in [3.63, 3.8) is 0 Å². The zero-order chi connectivity index (χ0) is 21.1. The van der Waals surface area contributed by atoms with Crippen LogP contribution in [-0.2, 0) is 0 Å². The Hall–Kier alpha value is -3.71. The summed E-state index contributed by atoms with van der Waals surface area (Å²) >= 11 is 0. The van der Waals surface area contributed by atoms with Gasteiger partial charge < -0.3 is 19.5 Å². The van der Waals surface area contributed by atoms with Crippen molar-refractivity contribution in [2.24, 2.45) is 0 Å². The van der Waals surface area contributed by atoms with E-state index in [1.807, 2.05) is 12.1 Å². The van der Waals surface area contributed by atoms with Gasteiger partial charge in [-0.15, -0.1) is 0 Å². The third-order valence-electron chi connectivity index (χ3n) is 4.71. The van der Waals surface area contributed by atoms with Crippen LogP contribution in [-0.4, -0.2) is 36.6 Å². The van der Waals surface area contributed by atoms with E-state index in [0.29, 0.717) is 22.7 Å². The summed E-state index contributed by atoms with van der Waals surface area (Å²) in [6.45, 7) is -0.474. The van der Waals surface area contributed by atoms with Crippen LogP contribution in [0.25, 0.3) is 0 Å². The van der Waals surface area contributed by atoms with E-state index in [4.69, 9.17) is 14.6 Å². The molecule has 0 aromatic heterocycles. The Kier molecular flexibility index (Phi) is 5.45. The number of hydrogen-bond donors (Lipinski definition) is 1. The average Bonchev–Trinajstić information content (AvgIpc) is 2.88. The van der Waals surface area contributed by atoms with Crippen LogP contribution in [0.15, 0.2) is 66.7 Å². The number of aliphatic hydroxyl groups excluding tert-OH is 1. The number of carbonyl (C=O) groups is 2. The Morgan fingerprint density at radius 2 is 1.77 bits per heavy atom. The fourth-order valence-corrected chi connectivity index (χ4v) is 3.25. The number of rotatable bonds is 6. The first-order chi connectivity index (χ1) is 14.6. The Labute approximate surface area is 172 Å². The summed E-state index contributed by atoms with van der Waals surface area (Å²) < 4.78 is 25.6. The van der Waals surface area contributed by atoms with Gasteiger partial charge >= 0.3 is 0 Å². The molecular weight excluding hydrogens is 389 g/mol. The molecule has 3 aromatic rings. The number of nitrogens with zero attached hydrogens (tertiary/aromatic N) is 1. The van der Waals surface area contributed by atoms with Crippen LogP contribution in [0.4, 0.5) is 10.1 Å². The Morgan fingerprint density at radius 1 is 1.03 bits per heavy atom. The Balaban J connectivity index is 1.53. The largest absolute Gasteiger partial charge is 0.492 e. The molecule has 152 valence electrons. The second-order valence-electron chi connectivity index (χ2n) is 6.59. The molecule has 4 rings (SSSR count). The number of para-hydroxylation sites is 3. The molecule has 7 heteroatoms. The first-order valence-corrected chi connectivity index (χ1v) is 9.32. The first kappa shape index (κ1) is 19.6. The first-order valence-electron chi connectivity index (χ1n) is 9.32. The van der Waals surface area contributed by atoms with Gasteiger partial charge in [0.25, 0.3) is 5.91 Å². The fraction of sp³-hybridized carbons (Fsp3) is 0.130. The maximum atomic E-state index is 14.1. The number of benzene rings is 3. The van der Waals surface area contributed by atoms with Crippen molar-refractivity contribution in [1.82, 2.24) is 0 Å². The smallest absolute Gasteiger partial charge is 0.262 e. The lowest BCUT2D eigenvalue weighted by atomic mass is 10.1. The summed E-state index contributed by atoms with van der Waals surface area (Å²) in [6.07, 6.45) is 0. The van der Waals surface area contributed by atoms with E-state index in [0.717, 1.165) is 6.07 Å². The second-order valence-corrected chi connectivity index (χ2v) is 6.59. The van der Waals surface area contributed by atoms with Crippen LogP contribution in [0.2, 0.25) is 0 Å². The van der Waals surface area contributed by atoms with Gasteiger partial charge in [-0.1, -0.05) is 24.3 Å². The molecule has 1 heterocycles. The summed E-state index contributed by atoms with van der Waals surface area (Å²) in [5, 5.41) is 8.87. The zero-order valence-corrected chi connectivity index (χ0v) is 15.9. The van der Waals surface area contributed by atoms with E-state index >= 15 is 0 Å². The van der Waals surface area contributed by atoms with Crippen LogP contribution in [0, 0.1) is 5.82 Å². The number of carbonyl (C=O) groups excluding carboxylic acids is 2.